The molecular weight excluding hydrogens is 850 g/mol. The number of aromatic amines is 2. The molecule has 65 heavy (non-hydrogen) atoms. The Hall–Kier alpha value is -6.09. The SMILES string of the molecule is Cc1cc2c(Cl)ncnc2cc1OCCCN1CCCCC1.Cc1cc2c(Oc3ccc4[nH]ccc4c3F)ncnc2cc1OCCCN1CCCCC1.Oc1ccc2[nH]ccc2c1F. The number of benzene rings is 4. The summed E-state index contributed by atoms with van der Waals surface area (Å²) in [6.45, 7) is 12.5. The van der Waals surface area contributed by atoms with Gasteiger partial charge in [0.25, 0.3) is 0 Å². The number of piperidine rings is 2. The fourth-order valence-corrected chi connectivity index (χ4v) is 8.57. The third-order valence-electron chi connectivity index (χ3n) is 11.9. The lowest BCUT2D eigenvalue weighted by atomic mass is 10.1. The summed E-state index contributed by atoms with van der Waals surface area (Å²) in [4.78, 5) is 27.8. The lowest BCUT2D eigenvalue weighted by Gasteiger charge is -2.26. The van der Waals surface area contributed by atoms with E-state index in [2.05, 4.69) is 39.7 Å². The van der Waals surface area contributed by atoms with Crippen LogP contribution < -0.4 is 14.2 Å². The van der Waals surface area contributed by atoms with E-state index in [0.717, 1.165) is 77.0 Å². The molecule has 6 heterocycles. The van der Waals surface area contributed by atoms with E-state index >= 15 is 0 Å². The largest absolute Gasteiger partial charge is 0.505 e. The number of H-pyrrole nitrogens is 2. The predicted molar refractivity (Wildman–Crippen MR) is 253 cm³/mol. The summed E-state index contributed by atoms with van der Waals surface area (Å²) >= 11 is 6.10. The van der Waals surface area contributed by atoms with Crippen LogP contribution in [0.25, 0.3) is 43.6 Å². The Kier molecular flexibility index (Phi) is 15.2. The van der Waals surface area contributed by atoms with E-state index < -0.39 is 11.6 Å². The highest BCUT2D eigenvalue weighted by molar-refractivity contribution is 6.34. The summed E-state index contributed by atoms with van der Waals surface area (Å²) < 4.78 is 45.7. The van der Waals surface area contributed by atoms with Crippen LogP contribution in [0.4, 0.5) is 8.78 Å². The molecule has 0 atom stereocenters. The monoisotopic (exact) mass is 904 g/mol. The molecule has 0 amide bonds. The molecule has 0 aliphatic carbocycles. The van der Waals surface area contributed by atoms with Crippen LogP contribution in [0.1, 0.15) is 62.5 Å². The first-order valence-corrected chi connectivity index (χ1v) is 22.8. The van der Waals surface area contributed by atoms with Crippen LogP contribution in [0.15, 0.2) is 85.7 Å². The first kappa shape index (κ1) is 45.5. The number of halogens is 3. The molecule has 12 nitrogen and oxygen atoms in total. The highest BCUT2D eigenvalue weighted by Gasteiger charge is 2.16. The van der Waals surface area contributed by atoms with Gasteiger partial charge in [0.15, 0.2) is 23.1 Å². The Balaban J connectivity index is 0.000000150. The average molecular weight is 905 g/mol. The molecule has 8 aromatic rings. The van der Waals surface area contributed by atoms with E-state index in [-0.39, 0.29) is 11.5 Å². The summed E-state index contributed by atoms with van der Waals surface area (Å²) in [5.74, 6) is 0.861. The van der Waals surface area contributed by atoms with Crippen molar-refractivity contribution in [2.75, 3.05) is 52.5 Å². The summed E-state index contributed by atoms with van der Waals surface area (Å²) in [7, 11) is 0. The fraction of sp³-hybridized carbons (Fsp3) is 0.360. The molecule has 2 saturated heterocycles. The summed E-state index contributed by atoms with van der Waals surface area (Å²) in [5, 5.41) is 11.9. The predicted octanol–water partition coefficient (Wildman–Crippen LogP) is 11.5. The second kappa shape index (κ2) is 21.7. The zero-order valence-corrected chi connectivity index (χ0v) is 37.6. The van der Waals surface area contributed by atoms with Gasteiger partial charge >= 0.3 is 0 Å². The molecule has 4 aromatic carbocycles. The number of nitrogens with zero attached hydrogens (tertiary/aromatic N) is 6. The van der Waals surface area contributed by atoms with Crippen LogP contribution in [0.2, 0.25) is 5.15 Å². The first-order valence-electron chi connectivity index (χ1n) is 22.5. The minimum absolute atomic E-state index is 0.132. The maximum Gasteiger partial charge on any atom is 0.230 e. The van der Waals surface area contributed by atoms with Gasteiger partial charge < -0.3 is 39.1 Å². The van der Waals surface area contributed by atoms with Gasteiger partial charge in [0.05, 0.1) is 29.6 Å². The highest BCUT2D eigenvalue weighted by Crippen LogP contribution is 2.35. The number of rotatable bonds is 12. The molecule has 10 rings (SSSR count). The van der Waals surface area contributed by atoms with Crippen molar-refractivity contribution in [1.29, 1.82) is 0 Å². The van der Waals surface area contributed by atoms with Crippen LogP contribution in [0, 0.1) is 25.5 Å². The Bertz CT molecular complexity index is 2840. The highest BCUT2D eigenvalue weighted by atomic mass is 35.5. The number of nitrogens with one attached hydrogen (secondary N) is 2. The molecule has 2 aliphatic rings. The number of ether oxygens (including phenoxy) is 3. The maximum absolute atomic E-state index is 14.8. The normalized spacial score (nSPS) is 14.5. The number of likely N-dealkylation sites (tertiary alicyclic amines) is 2. The maximum atomic E-state index is 14.8. The molecule has 340 valence electrons. The number of hydrogen-bond donors (Lipinski definition) is 3. The molecule has 0 saturated carbocycles. The van der Waals surface area contributed by atoms with Gasteiger partial charge in [-0.3, -0.25) is 0 Å². The fourth-order valence-electron chi connectivity index (χ4n) is 8.37. The van der Waals surface area contributed by atoms with Crippen molar-refractivity contribution in [2.24, 2.45) is 0 Å². The van der Waals surface area contributed by atoms with Gasteiger partial charge in [0, 0.05) is 64.8 Å². The molecule has 0 spiro atoms. The number of phenols is 1. The number of aryl methyl sites for hydroxylation is 2. The van der Waals surface area contributed by atoms with Gasteiger partial charge in [0.2, 0.25) is 5.88 Å². The number of phenolic OH excluding ortho intramolecular Hbond substituents is 1. The molecule has 15 heteroatoms. The average Bonchev–Trinajstić information content (AvgIpc) is 4.02. The standard InChI is InChI=1S/C25H27FN4O2.C17H22ClN3O.C8H6FNO/c1-17-14-19-21(15-23(17)31-13-5-12-30-10-3-2-4-11-30)28-16-29-25(19)32-22-7-6-20-18(24(22)26)8-9-27-20;1-13-10-14-15(19-12-20-17(14)18)11-16(13)22-9-5-8-21-6-3-2-4-7-21;9-8-5-3-4-10-6(5)1-2-7(8)11/h6-9,14-16,27H,2-5,10-13H2,1H3;10-12H,2-9H2,1H3;1-4,10-11H. The Labute approximate surface area is 381 Å². The third kappa shape index (κ3) is 11.4. The molecule has 2 fully saturated rings. The second-order valence-corrected chi connectivity index (χ2v) is 16.9. The van der Waals surface area contributed by atoms with Gasteiger partial charge in [-0.25, -0.2) is 28.7 Å². The van der Waals surface area contributed by atoms with Gasteiger partial charge in [-0.2, -0.15) is 0 Å². The Morgan fingerprint density at radius 1 is 0.600 bits per heavy atom. The lowest BCUT2D eigenvalue weighted by Crippen LogP contribution is -2.31. The quantitative estimate of drug-likeness (QED) is 0.0802. The lowest BCUT2D eigenvalue weighted by molar-refractivity contribution is 0.204. The zero-order chi connectivity index (χ0) is 45.1. The molecule has 0 unspecified atom stereocenters. The van der Waals surface area contributed by atoms with Crippen molar-refractivity contribution in [3.63, 3.8) is 0 Å². The van der Waals surface area contributed by atoms with Crippen LogP contribution in [-0.2, 0) is 0 Å². The van der Waals surface area contributed by atoms with Crippen LogP contribution in [0.3, 0.4) is 0 Å². The van der Waals surface area contributed by atoms with E-state index in [1.807, 2.05) is 38.1 Å². The van der Waals surface area contributed by atoms with E-state index in [0.29, 0.717) is 39.4 Å². The summed E-state index contributed by atoms with van der Waals surface area (Å²) in [6, 6.07) is 17.4. The van der Waals surface area contributed by atoms with Crippen molar-refractivity contribution in [2.45, 2.75) is 65.2 Å². The summed E-state index contributed by atoms with van der Waals surface area (Å²) in [6.07, 6.45) is 16.3. The number of aromatic hydroxyl groups is 1. The molecule has 0 bridgehead atoms. The van der Waals surface area contributed by atoms with E-state index in [4.69, 9.17) is 30.9 Å². The van der Waals surface area contributed by atoms with Crippen molar-refractivity contribution in [3.8, 4) is 28.9 Å². The molecule has 0 radical (unpaired) electrons. The van der Waals surface area contributed by atoms with E-state index in [9.17, 15) is 8.78 Å². The van der Waals surface area contributed by atoms with Crippen LogP contribution in [0.5, 0.6) is 28.9 Å². The van der Waals surface area contributed by atoms with Gasteiger partial charge in [-0.1, -0.05) is 24.4 Å². The van der Waals surface area contributed by atoms with Gasteiger partial charge in [-0.05, 0) is 138 Å². The molecular formula is C50H55ClF2N8O4. The number of fused-ring (bicyclic) bond motifs is 4. The van der Waals surface area contributed by atoms with Crippen molar-refractivity contribution < 1.29 is 28.1 Å². The van der Waals surface area contributed by atoms with Crippen molar-refractivity contribution in [3.05, 3.63) is 114 Å². The molecule has 2 aliphatic heterocycles. The van der Waals surface area contributed by atoms with Crippen LogP contribution >= 0.6 is 11.6 Å². The van der Waals surface area contributed by atoms with Crippen LogP contribution in [-0.4, -0.2) is 97.3 Å². The van der Waals surface area contributed by atoms with Gasteiger partial charge in [0.1, 0.15) is 29.3 Å². The van der Waals surface area contributed by atoms with Crippen molar-refractivity contribution >= 4 is 55.2 Å². The summed E-state index contributed by atoms with van der Waals surface area (Å²) in [5.41, 5.74) is 4.99. The second-order valence-electron chi connectivity index (χ2n) is 16.6. The smallest absolute Gasteiger partial charge is 0.230 e. The number of aromatic nitrogens is 6. The van der Waals surface area contributed by atoms with E-state index in [1.54, 1.807) is 42.7 Å². The topological polar surface area (TPSA) is 138 Å². The van der Waals surface area contributed by atoms with Crippen molar-refractivity contribution in [1.82, 2.24) is 39.7 Å². The minimum atomic E-state index is -0.566. The zero-order valence-electron chi connectivity index (χ0n) is 36.9. The number of hydrogen-bond acceptors (Lipinski definition) is 10. The first-order chi connectivity index (χ1) is 31.7. The Morgan fingerprint density at radius 2 is 1.12 bits per heavy atom. The third-order valence-corrected chi connectivity index (χ3v) is 12.2. The van der Waals surface area contributed by atoms with Gasteiger partial charge in [-0.15, -0.1) is 0 Å². The Morgan fingerprint density at radius 3 is 1.72 bits per heavy atom. The molecule has 3 N–H and O–H groups in total. The molecule has 4 aromatic heterocycles. The van der Waals surface area contributed by atoms with E-state index in [1.165, 1.54) is 83.4 Å². The minimum Gasteiger partial charge on any atom is -0.505 e.